The van der Waals surface area contributed by atoms with E-state index < -0.39 is 20.0 Å². The minimum absolute atomic E-state index is 0.480. The molecule has 0 N–H and O–H groups in total. The molecule has 2 heterocycles. The molecule has 2 aromatic carbocycles. The Balaban J connectivity index is 0.000000318. The Morgan fingerprint density at radius 2 is 1.25 bits per heavy atom. The van der Waals surface area contributed by atoms with Gasteiger partial charge in [0.05, 0.1) is 12.5 Å². The van der Waals surface area contributed by atoms with Crippen LogP contribution in [0.3, 0.4) is 0 Å². The Hall–Kier alpha value is -1.74. The van der Waals surface area contributed by atoms with Gasteiger partial charge < -0.3 is 0 Å². The van der Waals surface area contributed by atoms with E-state index in [1.54, 1.807) is 4.31 Å². The van der Waals surface area contributed by atoms with Crippen LogP contribution in [0, 0.1) is 6.92 Å². The van der Waals surface area contributed by atoms with Gasteiger partial charge in [-0.15, -0.1) is 0 Å². The number of nitrogens with zero attached hydrogens (tertiary/aromatic N) is 2. The summed E-state index contributed by atoms with van der Waals surface area (Å²) in [4.78, 5) is 0. The molecular weight excluding hydrogens is 492 g/mol. The Morgan fingerprint density at radius 3 is 1.78 bits per heavy atom. The lowest BCUT2D eigenvalue weighted by molar-refractivity contribution is 0.394. The van der Waals surface area contributed by atoms with Crippen LogP contribution < -0.4 is 0 Å². The normalized spacial score (nSPS) is 15.7. The Kier molecular flexibility index (Phi) is 12.8. The van der Waals surface area contributed by atoms with Crippen LogP contribution in [0.4, 0.5) is 0 Å². The molecule has 0 spiro atoms. The molecule has 0 fully saturated rings. The number of fused-ring (bicyclic) bond motifs is 2. The average Bonchev–Trinajstić information content (AvgIpc) is 2.85. The van der Waals surface area contributed by atoms with Gasteiger partial charge in [0.25, 0.3) is 0 Å². The van der Waals surface area contributed by atoms with E-state index in [-0.39, 0.29) is 0 Å². The van der Waals surface area contributed by atoms with Gasteiger partial charge in [0, 0.05) is 26.2 Å². The van der Waals surface area contributed by atoms with Gasteiger partial charge in [0.2, 0.25) is 20.0 Å². The minimum atomic E-state index is -3.07. The predicted octanol–water partition coefficient (Wildman–Crippen LogP) is 5.49. The van der Waals surface area contributed by atoms with Crippen molar-refractivity contribution >= 4 is 20.0 Å². The fourth-order valence-corrected chi connectivity index (χ4v) is 5.84. The molecule has 2 aromatic rings. The van der Waals surface area contributed by atoms with E-state index in [4.69, 9.17) is 0 Å². The van der Waals surface area contributed by atoms with Crippen molar-refractivity contribution < 1.29 is 16.8 Å². The van der Waals surface area contributed by atoms with Crippen LogP contribution in [0.15, 0.2) is 36.4 Å². The van der Waals surface area contributed by atoms with Gasteiger partial charge in [0.1, 0.15) is 0 Å². The second-order valence-corrected chi connectivity index (χ2v) is 13.1. The maximum Gasteiger partial charge on any atom is 0.211 e. The largest absolute Gasteiger partial charge is 0.212 e. The van der Waals surface area contributed by atoms with Crippen molar-refractivity contribution in [2.45, 2.75) is 80.3 Å². The third-order valence-electron chi connectivity index (χ3n) is 6.28. The highest BCUT2D eigenvalue weighted by Crippen LogP contribution is 2.25. The van der Waals surface area contributed by atoms with Crippen molar-refractivity contribution in [1.29, 1.82) is 0 Å². The number of aryl methyl sites for hydroxylation is 1. The highest BCUT2D eigenvalue weighted by Gasteiger charge is 2.24. The van der Waals surface area contributed by atoms with Crippen LogP contribution in [-0.2, 0) is 46.0 Å². The highest BCUT2D eigenvalue weighted by atomic mass is 32.2. The molecule has 0 saturated carbocycles. The van der Waals surface area contributed by atoms with Crippen molar-refractivity contribution in [2.75, 3.05) is 25.6 Å². The Labute approximate surface area is 220 Å². The summed E-state index contributed by atoms with van der Waals surface area (Å²) in [5.41, 5.74) is 7.45. The van der Waals surface area contributed by atoms with E-state index in [0.717, 1.165) is 24.0 Å². The van der Waals surface area contributed by atoms with Crippen molar-refractivity contribution in [3.05, 3.63) is 69.8 Å². The lowest BCUT2D eigenvalue weighted by Crippen LogP contribution is -2.35. The Morgan fingerprint density at radius 1 is 0.722 bits per heavy atom. The van der Waals surface area contributed by atoms with Crippen LogP contribution >= 0.6 is 0 Å². The van der Waals surface area contributed by atoms with Crippen molar-refractivity contribution in [3.8, 4) is 0 Å². The van der Waals surface area contributed by atoms with Gasteiger partial charge in [-0.1, -0.05) is 77.9 Å². The molecule has 0 unspecified atom stereocenters. The molecule has 36 heavy (non-hydrogen) atoms. The summed E-state index contributed by atoms with van der Waals surface area (Å²) in [6.45, 7) is 16.6. The average molecular weight is 539 g/mol. The number of sulfonamides is 2. The van der Waals surface area contributed by atoms with Crippen molar-refractivity contribution in [1.82, 2.24) is 8.61 Å². The molecule has 0 amide bonds. The molecule has 204 valence electrons. The predicted molar refractivity (Wildman–Crippen MR) is 152 cm³/mol. The SMILES string of the molecule is CC.CC.CC(C)c1ccc2c(c1)CN(S(C)(=O)=O)CC2.Cc1cccc2c1CCN(S(C)(=O)=O)C2. The van der Waals surface area contributed by atoms with Crippen LogP contribution in [0.5, 0.6) is 0 Å². The van der Waals surface area contributed by atoms with Gasteiger partial charge in [-0.05, 0) is 59.1 Å². The zero-order valence-electron chi connectivity index (χ0n) is 23.6. The summed E-state index contributed by atoms with van der Waals surface area (Å²) in [7, 11) is -6.12. The van der Waals surface area contributed by atoms with E-state index in [1.807, 2.05) is 39.8 Å². The molecule has 0 atom stereocenters. The zero-order chi connectivity index (χ0) is 27.7. The topological polar surface area (TPSA) is 74.8 Å². The Bertz CT molecular complexity index is 1190. The van der Waals surface area contributed by atoms with Crippen LogP contribution in [-0.4, -0.2) is 51.0 Å². The highest BCUT2D eigenvalue weighted by molar-refractivity contribution is 7.88. The zero-order valence-corrected chi connectivity index (χ0v) is 25.3. The third-order valence-corrected chi connectivity index (χ3v) is 8.78. The maximum absolute atomic E-state index is 11.5. The monoisotopic (exact) mass is 538 g/mol. The first-order chi connectivity index (χ1) is 16.9. The van der Waals surface area contributed by atoms with E-state index in [0.29, 0.717) is 32.1 Å². The molecular formula is C28H46N2O4S2. The van der Waals surface area contributed by atoms with E-state index in [1.165, 1.54) is 39.1 Å². The number of benzene rings is 2. The van der Waals surface area contributed by atoms with E-state index in [9.17, 15) is 16.8 Å². The summed E-state index contributed by atoms with van der Waals surface area (Å²) >= 11 is 0. The maximum atomic E-state index is 11.5. The summed E-state index contributed by atoms with van der Waals surface area (Å²) in [5, 5.41) is 0. The first kappa shape index (κ1) is 32.3. The molecule has 0 bridgehead atoms. The molecule has 2 aliphatic rings. The smallest absolute Gasteiger partial charge is 0.211 e. The molecule has 2 aliphatic heterocycles. The van der Waals surface area contributed by atoms with Gasteiger partial charge in [-0.25, -0.2) is 16.8 Å². The molecule has 0 radical (unpaired) electrons. The third kappa shape index (κ3) is 8.98. The summed E-state index contributed by atoms with van der Waals surface area (Å²) in [5.74, 6) is 0.480. The molecule has 0 aromatic heterocycles. The van der Waals surface area contributed by atoms with Crippen LogP contribution in [0.2, 0.25) is 0 Å². The molecule has 0 aliphatic carbocycles. The fraction of sp³-hybridized carbons (Fsp3) is 0.571. The number of hydrogen-bond acceptors (Lipinski definition) is 4. The summed E-state index contributed by atoms with van der Waals surface area (Å²) in [6.07, 6.45) is 4.20. The lowest BCUT2D eigenvalue weighted by Gasteiger charge is -2.27. The van der Waals surface area contributed by atoms with E-state index in [2.05, 4.69) is 45.0 Å². The standard InChI is InChI=1S/C13H19NO2S.C11H15NO2S.2C2H6/c1-10(2)12-5-4-11-6-7-14(17(3,15)16)9-13(11)8-12;1-9-4-3-5-10-8-12(15(2,13)14)7-6-11(9)10;2*1-2/h4-5,8,10H,6-7,9H2,1-3H3;3-5H,6-8H2,1-2H3;2*1-2H3. The van der Waals surface area contributed by atoms with Crippen LogP contribution in [0.25, 0.3) is 0 Å². The van der Waals surface area contributed by atoms with Gasteiger partial charge >= 0.3 is 0 Å². The van der Waals surface area contributed by atoms with Gasteiger partial charge in [-0.3, -0.25) is 0 Å². The fourth-order valence-electron chi connectivity index (χ4n) is 4.25. The molecule has 6 nitrogen and oxygen atoms in total. The number of rotatable bonds is 3. The number of hydrogen-bond donors (Lipinski definition) is 0. The first-order valence-corrected chi connectivity index (χ1v) is 16.6. The molecule has 4 rings (SSSR count). The summed E-state index contributed by atoms with van der Waals surface area (Å²) < 4.78 is 49.0. The second kappa shape index (κ2) is 14.3. The minimum Gasteiger partial charge on any atom is -0.212 e. The first-order valence-electron chi connectivity index (χ1n) is 13.0. The van der Waals surface area contributed by atoms with Crippen molar-refractivity contribution in [3.63, 3.8) is 0 Å². The van der Waals surface area contributed by atoms with Crippen LogP contribution in [0.1, 0.15) is 80.8 Å². The lowest BCUT2D eigenvalue weighted by atomic mass is 9.94. The molecule has 8 heteroatoms. The summed E-state index contributed by atoms with van der Waals surface area (Å²) in [6, 6.07) is 12.5. The van der Waals surface area contributed by atoms with Gasteiger partial charge in [0.15, 0.2) is 0 Å². The van der Waals surface area contributed by atoms with E-state index >= 15 is 0 Å². The molecule has 0 saturated heterocycles. The van der Waals surface area contributed by atoms with Gasteiger partial charge in [-0.2, -0.15) is 8.61 Å². The quantitative estimate of drug-likeness (QED) is 0.518. The second-order valence-electron chi connectivity index (χ2n) is 9.09. The van der Waals surface area contributed by atoms with Crippen molar-refractivity contribution in [2.24, 2.45) is 0 Å².